The number of carbonyl (C=O) groups is 3. The number of likely N-dealkylation sites (N-methyl/N-ethyl adjacent to an activating group) is 1. The van der Waals surface area contributed by atoms with Crippen molar-refractivity contribution in [3.05, 3.63) is 65.7 Å². The number of anilines is 1. The molecule has 3 amide bonds. The van der Waals surface area contributed by atoms with Crippen molar-refractivity contribution < 1.29 is 14.4 Å². The fourth-order valence-corrected chi connectivity index (χ4v) is 4.09. The number of carbonyl (C=O) groups excluding carboxylic acids is 3. The average molecular weight is 391 g/mol. The molecule has 29 heavy (non-hydrogen) atoms. The van der Waals surface area contributed by atoms with Crippen LogP contribution in [0.1, 0.15) is 30.4 Å². The number of rotatable bonds is 7. The third-order valence-electron chi connectivity index (χ3n) is 5.69. The van der Waals surface area contributed by atoms with Crippen LogP contribution in [0.15, 0.2) is 54.6 Å². The van der Waals surface area contributed by atoms with Crippen LogP contribution in [0.25, 0.3) is 0 Å². The van der Waals surface area contributed by atoms with E-state index < -0.39 is 5.41 Å². The standard InChI is InChI=1S/C23H25N3O3/c1-26-19-10-6-5-9-18(19)23(22(26)29,13-16-7-3-2-4-8-16)14-20(27)24-15-21(28)25-17-11-12-17/h2-10,17H,11-15H2,1H3,(H,24,27)(H,25,28)/t23-/m0/s1. The van der Waals surface area contributed by atoms with Gasteiger partial charge in [0.25, 0.3) is 0 Å². The summed E-state index contributed by atoms with van der Waals surface area (Å²) in [5.41, 5.74) is 1.69. The van der Waals surface area contributed by atoms with Crippen molar-refractivity contribution in [3.8, 4) is 0 Å². The number of nitrogens with one attached hydrogen (secondary N) is 2. The smallest absolute Gasteiger partial charge is 0.239 e. The van der Waals surface area contributed by atoms with E-state index in [9.17, 15) is 14.4 Å². The molecule has 4 rings (SSSR count). The number of para-hydroxylation sites is 1. The molecule has 6 heteroatoms. The number of hydrogen-bond acceptors (Lipinski definition) is 3. The van der Waals surface area contributed by atoms with Gasteiger partial charge in [-0.25, -0.2) is 0 Å². The lowest BCUT2D eigenvalue weighted by Gasteiger charge is -2.28. The van der Waals surface area contributed by atoms with Crippen molar-refractivity contribution in [3.63, 3.8) is 0 Å². The van der Waals surface area contributed by atoms with Crippen molar-refractivity contribution in [2.45, 2.75) is 37.1 Å². The van der Waals surface area contributed by atoms with Crippen molar-refractivity contribution >= 4 is 23.4 Å². The minimum absolute atomic E-state index is 0.00120. The number of nitrogens with zero attached hydrogens (tertiary/aromatic N) is 1. The van der Waals surface area contributed by atoms with Gasteiger partial charge in [0.15, 0.2) is 0 Å². The van der Waals surface area contributed by atoms with E-state index >= 15 is 0 Å². The Hall–Kier alpha value is -3.15. The summed E-state index contributed by atoms with van der Waals surface area (Å²) in [6.07, 6.45) is 2.42. The van der Waals surface area contributed by atoms with Crippen molar-refractivity contribution in [1.29, 1.82) is 0 Å². The zero-order valence-corrected chi connectivity index (χ0v) is 16.5. The van der Waals surface area contributed by atoms with Crippen LogP contribution in [0.5, 0.6) is 0 Å². The largest absolute Gasteiger partial charge is 0.352 e. The fourth-order valence-electron chi connectivity index (χ4n) is 4.09. The first-order valence-corrected chi connectivity index (χ1v) is 9.97. The first kappa shape index (κ1) is 19.2. The molecule has 0 unspecified atom stereocenters. The predicted octanol–water partition coefficient (Wildman–Crippen LogP) is 1.93. The number of amides is 3. The maximum atomic E-state index is 13.4. The summed E-state index contributed by atoms with van der Waals surface area (Å²) in [6.45, 7) is -0.0670. The van der Waals surface area contributed by atoms with E-state index in [1.54, 1.807) is 11.9 Å². The van der Waals surface area contributed by atoms with Gasteiger partial charge in [0, 0.05) is 25.2 Å². The van der Waals surface area contributed by atoms with Crippen LogP contribution in [0.4, 0.5) is 5.69 Å². The van der Waals surface area contributed by atoms with Crippen LogP contribution < -0.4 is 15.5 Å². The molecule has 2 aromatic carbocycles. The zero-order chi connectivity index (χ0) is 20.4. The molecule has 1 saturated carbocycles. The molecule has 2 aromatic rings. The second-order valence-corrected chi connectivity index (χ2v) is 7.92. The molecule has 1 aliphatic carbocycles. The van der Waals surface area contributed by atoms with Gasteiger partial charge in [0.2, 0.25) is 17.7 Å². The molecule has 1 heterocycles. The molecule has 1 atom stereocenters. The van der Waals surface area contributed by atoms with Gasteiger partial charge in [-0.05, 0) is 36.5 Å². The average Bonchev–Trinajstić information content (AvgIpc) is 3.52. The molecule has 0 spiro atoms. The Labute approximate surface area is 170 Å². The van der Waals surface area contributed by atoms with Gasteiger partial charge in [-0.3, -0.25) is 14.4 Å². The minimum Gasteiger partial charge on any atom is -0.352 e. The molecular weight excluding hydrogens is 366 g/mol. The Balaban J connectivity index is 1.58. The van der Waals surface area contributed by atoms with Crippen molar-refractivity contribution in [2.24, 2.45) is 0 Å². The van der Waals surface area contributed by atoms with Crippen LogP contribution in [0.2, 0.25) is 0 Å². The molecule has 150 valence electrons. The van der Waals surface area contributed by atoms with Gasteiger partial charge in [-0.15, -0.1) is 0 Å². The maximum Gasteiger partial charge on any atom is 0.239 e. The highest BCUT2D eigenvalue weighted by Gasteiger charge is 2.50. The van der Waals surface area contributed by atoms with Crippen LogP contribution in [-0.2, 0) is 26.2 Å². The fraction of sp³-hybridized carbons (Fsp3) is 0.348. The first-order valence-electron chi connectivity index (χ1n) is 9.97. The lowest BCUT2D eigenvalue weighted by molar-refractivity contribution is -0.130. The maximum absolute atomic E-state index is 13.4. The lowest BCUT2D eigenvalue weighted by Crippen LogP contribution is -2.46. The Morgan fingerprint density at radius 1 is 1.03 bits per heavy atom. The number of hydrogen-bond donors (Lipinski definition) is 2. The molecule has 0 radical (unpaired) electrons. The molecule has 2 N–H and O–H groups in total. The molecular formula is C23H25N3O3. The normalized spacial score (nSPS) is 20.3. The van der Waals surface area contributed by atoms with Gasteiger partial charge in [-0.2, -0.15) is 0 Å². The second-order valence-electron chi connectivity index (χ2n) is 7.92. The Morgan fingerprint density at radius 2 is 1.72 bits per heavy atom. The molecule has 1 fully saturated rings. The van der Waals surface area contributed by atoms with E-state index in [0.717, 1.165) is 29.7 Å². The number of fused-ring (bicyclic) bond motifs is 1. The zero-order valence-electron chi connectivity index (χ0n) is 16.5. The highest BCUT2D eigenvalue weighted by atomic mass is 16.2. The molecule has 6 nitrogen and oxygen atoms in total. The molecule has 0 bridgehead atoms. The second kappa shape index (κ2) is 7.70. The van der Waals surface area contributed by atoms with Crippen molar-refractivity contribution in [2.75, 3.05) is 18.5 Å². The van der Waals surface area contributed by atoms with E-state index in [1.165, 1.54) is 0 Å². The predicted molar refractivity (Wildman–Crippen MR) is 110 cm³/mol. The Kier molecular flexibility index (Phi) is 5.09. The van der Waals surface area contributed by atoms with Crippen molar-refractivity contribution in [1.82, 2.24) is 10.6 Å². The summed E-state index contributed by atoms with van der Waals surface area (Å²) in [5.74, 6) is -0.585. The third kappa shape index (κ3) is 3.88. The Bertz CT molecular complexity index is 939. The molecule has 2 aliphatic rings. The van der Waals surface area contributed by atoms with Crippen LogP contribution in [-0.4, -0.2) is 37.4 Å². The number of benzene rings is 2. The monoisotopic (exact) mass is 391 g/mol. The highest BCUT2D eigenvalue weighted by Crippen LogP contribution is 2.45. The van der Waals surface area contributed by atoms with Gasteiger partial charge in [0.1, 0.15) is 0 Å². The Morgan fingerprint density at radius 3 is 2.45 bits per heavy atom. The lowest BCUT2D eigenvalue weighted by atomic mass is 9.73. The quantitative estimate of drug-likeness (QED) is 0.757. The summed E-state index contributed by atoms with van der Waals surface area (Å²) < 4.78 is 0. The van der Waals surface area contributed by atoms with E-state index in [-0.39, 0.29) is 36.7 Å². The first-order chi connectivity index (χ1) is 14.0. The topological polar surface area (TPSA) is 78.5 Å². The van der Waals surface area contributed by atoms with Gasteiger partial charge >= 0.3 is 0 Å². The highest BCUT2D eigenvalue weighted by molar-refractivity contribution is 6.10. The van der Waals surface area contributed by atoms with E-state index in [1.807, 2.05) is 54.6 Å². The van der Waals surface area contributed by atoms with Gasteiger partial charge in [-0.1, -0.05) is 48.5 Å². The summed E-state index contributed by atoms with van der Waals surface area (Å²) >= 11 is 0. The SMILES string of the molecule is CN1C(=O)[C@](CC(=O)NCC(=O)NC2CC2)(Cc2ccccc2)c2ccccc21. The van der Waals surface area contributed by atoms with Crippen LogP contribution in [0, 0.1) is 0 Å². The summed E-state index contributed by atoms with van der Waals surface area (Å²) in [7, 11) is 1.74. The summed E-state index contributed by atoms with van der Waals surface area (Å²) in [6, 6.07) is 17.6. The van der Waals surface area contributed by atoms with Gasteiger partial charge < -0.3 is 15.5 Å². The summed E-state index contributed by atoms with van der Waals surface area (Å²) in [4.78, 5) is 39.7. The van der Waals surface area contributed by atoms with Gasteiger partial charge in [0.05, 0.1) is 12.0 Å². The van der Waals surface area contributed by atoms with Crippen LogP contribution >= 0.6 is 0 Å². The van der Waals surface area contributed by atoms with E-state index in [2.05, 4.69) is 10.6 Å². The molecule has 0 saturated heterocycles. The van der Waals surface area contributed by atoms with E-state index in [0.29, 0.717) is 6.42 Å². The molecule has 0 aromatic heterocycles. The summed E-state index contributed by atoms with van der Waals surface area (Å²) in [5, 5.41) is 5.55. The minimum atomic E-state index is -0.982. The van der Waals surface area contributed by atoms with Crippen LogP contribution in [0.3, 0.4) is 0 Å². The van der Waals surface area contributed by atoms with E-state index in [4.69, 9.17) is 0 Å². The molecule has 1 aliphatic heterocycles. The third-order valence-corrected chi connectivity index (χ3v) is 5.69.